The third kappa shape index (κ3) is 4.98. The number of ether oxygens (including phenoxy) is 1. The number of sulfone groups is 1. The Kier molecular flexibility index (Phi) is 6.12. The maximum absolute atomic E-state index is 14.7. The van der Waals surface area contributed by atoms with E-state index in [9.17, 15) is 34.8 Å². The summed E-state index contributed by atoms with van der Waals surface area (Å²) in [4.78, 5) is 5.29. The molecule has 0 N–H and O–H groups in total. The summed E-state index contributed by atoms with van der Waals surface area (Å²) in [7, 11) is -3.40. The Morgan fingerprint density at radius 3 is 2.05 bits per heavy atom. The quantitative estimate of drug-likeness (QED) is 0.393. The van der Waals surface area contributed by atoms with Crippen molar-refractivity contribution < 1.29 is 39.5 Å². The number of fused-ring (bicyclic) bond motifs is 1. The molecule has 0 bridgehead atoms. The molecule has 2 aromatic carbocycles. The Bertz CT molecular complexity index is 1430. The van der Waals surface area contributed by atoms with Crippen LogP contribution >= 0.6 is 0 Å². The van der Waals surface area contributed by atoms with Gasteiger partial charge in [-0.15, -0.1) is 0 Å². The highest BCUT2D eigenvalue weighted by atomic mass is 32.2. The average molecular weight is 543 g/mol. The summed E-state index contributed by atoms with van der Waals surface area (Å²) in [6, 6.07) is 8.23. The first kappa shape index (κ1) is 25.4. The molecule has 2 fully saturated rings. The van der Waals surface area contributed by atoms with Gasteiger partial charge in [-0.05, 0) is 53.3 Å². The van der Waals surface area contributed by atoms with Crippen LogP contribution in [0.3, 0.4) is 0 Å². The first-order valence-electron chi connectivity index (χ1n) is 11.2. The highest BCUT2D eigenvalue weighted by Gasteiger charge is 2.56. The summed E-state index contributed by atoms with van der Waals surface area (Å²) < 4.78 is 110. The number of anilines is 1. The third-order valence-corrected chi connectivity index (χ3v) is 7.98. The second-order valence-electron chi connectivity index (χ2n) is 9.30. The molecule has 1 saturated carbocycles. The van der Waals surface area contributed by atoms with Gasteiger partial charge in [-0.25, -0.2) is 26.6 Å². The van der Waals surface area contributed by atoms with Gasteiger partial charge in [0, 0.05) is 31.5 Å². The Morgan fingerprint density at radius 2 is 1.54 bits per heavy atom. The molecular weight excluding hydrogens is 522 g/mol. The molecule has 5 nitrogen and oxygen atoms in total. The maximum Gasteiger partial charge on any atom is 0.417 e. The fourth-order valence-corrected chi connectivity index (χ4v) is 5.46. The van der Waals surface area contributed by atoms with Gasteiger partial charge in [-0.3, -0.25) is 0 Å². The van der Waals surface area contributed by atoms with Crippen LogP contribution in [0.1, 0.15) is 5.56 Å². The van der Waals surface area contributed by atoms with E-state index in [0.29, 0.717) is 30.9 Å². The summed E-state index contributed by atoms with van der Waals surface area (Å²) in [5.74, 6) is -3.51. The molecule has 0 radical (unpaired) electrons. The predicted molar refractivity (Wildman–Crippen MR) is 122 cm³/mol. The first-order chi connectivity index (χ1) is 17.3. The lowest BCUT2D eigenvalue weighted by Crippen LogP contribution is -2.27. The van der Waals surface area contributed by atoms with Crippen LogP contribution in [0.5, 0.6) is 5.75 Å². The molecule has 3 aromatic rings. The van der Waals surface area contributed by atoms with E-state index in [1.54, 1.807) is 4.90 Å². The minimum Gasteiger partial charge on any atom is -0.487 e. The van der Waals surface area contributed by atoms with E-state index in [4.69, 9.17) is 4.74 Å². The van der Waals surface area contributed by atoms with Crippen molar-refractivity contribution in [3.05, 3.63) is 71.7 Å². The van der Waals surface area contributed by atoms with Crippen molar-refractivity contribution in [2.75, 3.05) is 30.9 Å². The van der Waals surface area contributed by atoms with Gasteiger partial charge >= 0.3 is 6.18 Å². The van der Waals surface area contributed by atoms with Crippen molar-refractivity contribution in [3.8, 4) is 16.9 Å². The van der Waals surface area contributed by atoms with Crippen LogP contribution in [0.25, 0.3) is 11.1 Å². The molecule has 2 heterocycles. The normalized spacial score (nSPS) is 21.2. The number of rotatable bonds is 6. The number of hydrogen-bond donors (Lipinski definition) is 0. The summed E-state index contributed by atoms with van der Waals surface area (Å²) in [6.45, 7) is 0.727. The van der Waals surface area contributed by atoms with E-state index in [1.165, 1.54) is 24.3 Å². The molecule has 196 valence electrons. The van der Waals surface area contributed by atoms with Crippen LogP contribution in [0.15, 0.2) is 53.6 Å². The van der Waals surface area contributed by atoms with Gasteiger partial charge in [-0.2, -0.15) is 13.2 Å². The molecule has 1 saturated heterocycles. The zero-order valence-corrected chi connectivity index (χ0v) is 20.1. The number of pyridine rings is 1. The third-order valence-electron chi connectivity index (χ3n) is 6.85. The van der Waals surface area contributed by atoms with Crippen molar-refractivity contribution in [1.29, 1.82) is 0 Å². The van der Waals surface area contributed by atoms with Crippen molar-refractivity contribution in [3.63, 3.8) is 0 Å². The van der Waals surface area contributed by atoms with Crippen molar-refractivity contribution in [2.45, 2.75) is 11.1 Å². The summed E-state index contributed by atoms with van der Waals surface area (Å²) in [6.07, 6.45) is -3.03. The Morgan fingerprint density at radius 1 is 0.946 bits per heavy atom. The topological polar surface area (TPSA) is 59.5 Å². The SMILES string of the molecule is CS(=O)(=O)c1ccc(-c2cc(F)c(OCC3[C@H]4CN(c5ncc(C(F)(F)F)cc5F)C[C@@H]34)c(F)c2)cc1. The zero-order chi connectivity index (χ0) is 26.7. The lowest BCUT2D eigenvalue weighted by atomic mass is 10.1. The van der Waals surface area contributed by atoms with Gasteiger partial charge in [0.2, 0.25) is 0 Å². The highest BCUT2D eigenvalue weighted by Crippen LogP contribution is 2.53. The van der Waals surface area contributed by atoms with Crippen LogP contribution in [-0.2, 0) is 16.0 Å². The van der Waals surface area contributed by atoms with E-state index < -0.39 is 44.8 Å². The first-order valence-corrected chi connectivity index (χ1v) is 13.1. The van der Waals surface area contributed by atoms with E-state index in [2.05, 4.69) is 4.98 Å². The number of piperidine rings is 1. The molecular formula is C25H20F6N2O3S. The molecule has 5 rings (SSSR count). The van der Waals surface area contributed by atoms with Crippen LogP contribution in [0, 0.1) is 35.2 Å². The maximum atomic E-state index is 14.7. The number of aromatic nitrogens is 1. The van der Waals surface area contributed by atoms with E-state index in [-0.39, 0.29) is 40.6 Å². The standard InChI is InChI=1S/C25H20F6N2O3S/c1-37(34,35)16-4-2-13(3-5-16)14-6-20(26)23(21(27)7-14)36-12-19-17-10-33(11-18(17)19)24-22(28)8-15(9-32-24)25(29,30)31/h2-9,17-19H,10-12H2,1H3/t17-,18+,19?. The van der Waals surface area contributed by atoms with Crippen molar-refractivity contribution >= 4 is 15.7 Å². The minimum atomic E-state index is -4.69. The Labute approximate surface area is 208 Å². The van der Waals surface area contributed by atoms with Crippen LogP contribution in [-0.4, -0.2) is 39.4 Å². The lowest BCUT2D eigenvalue weighted by molar-refractivity contribution is -0.138. The molecule has 1 aromatic heterocycles. The van der Waals surface area contributed by atoms with Gasteiger partial charge in [0.05, 0.1) is 17.1 Å². The van der Waals surface area contributed by atoms with Crippen molar-refractivity contribution in [1.82, 2.24) is 4.98 Å². The summed E-state index contributed by atoms with van der Waals surface area (Å²) in [5, 5.41) is 0. The molecule has 0 spiro atoms. The summed E-state index contributed by atoms with van der Waals surface area (Å²) in [5.41, 5.74) is -0.518. The van der Waals surface area contributed by atoms with E-state index in [1.807, 2.05) is 0 Å². The van der Waals surface area contributed by atoms with E-state index >= 15 is 0 Å². The molecule has 1 aliphatic heterocycles. The number of hydrogen-bond acceptors (Lipinski definition) is 5. The average Bonchev–Trinajstić information content (AvgIpc) is 3.26. The van der Waals surface area contributed by atoms with Gasteiger partial charge in [0.1, 0.15) is 0 Å². The van der Waals surface area contributed by atoms with Crippen LogP contribution in [0.2, 0.25) is 0 Å². The van der Waals surface area contributed by atoms with Crippen LogP contribution in [0.4, 0.5) is 32.2 Å². The van der Waals surface area contributed by atoms with Gasteiger partial charge in [0.25, 0.3) is 0 Å². The molecule has 3 atom stereocenters. The smallest absolute Gasteiger partial charge is 0.417 e. The molecule has 1 aliphatic carbocycles. The second kappa shape index (κ2) is 8.93. The number of halogens is 6. The molecule has 12 heteroatoms. The second-order valence-corrected chi connectivity index (χ2v) is 11.3. The summed E-state index contributed by atoms with van der Waals surface area (Å²) >= 11 is 0. The largest absolute Gasteiger partial charge is 0.487 e. The molecule has 1 unspecified atom stereocenters. The van der Waals surface area contributed by atoms with Crippen molar-refractivity contribution in [2.24, 2.45) is 17.8 Å². The highest BCUT2D eigenvalue weighted by molar-refractivity contribution is 7.90. The molecule has 37 heavy (non-hydrogen) atoms. The van der Waals surface area contributed by atoms with E-state index in [0.717, 1.165) is 18.4 Å². The fraction of sp³-hybridized carbons (Fsp3) is 0.320. The number of alkyl halides is 3. The number of benzene rings is 2. The monoisotopic (exact) mass is 542 g/mol. The lowest BCUT2D eigenvalue weighted by Gasteiger charge is -2.22. The minimum absolute atomic E-state index is 0.0301. The Balaban J connectivity index is 1.20. The van der Waals surface area contributed by atoms with Gasteiger partial charge in [-0.1, -0.05) is 12.1 Å². The van der Waals surface area contributed by atoms with Crippen LogP contribution < -0.4 is 9.64 Å². The fourth-order valence-electron chi connectivity index (χ4n) is 4.83. The van der Waals surface area contributed by atoms with Gasteiger partial charge in [0.15, 0.2) is 38.9 Å². The predicted octanol–water partition coefficient (Wildman–Crippen LogP) is 5.35. The molecule has 0 amide bonds. The molecule has 2 aliphatic rings. The number of nitrogens with zero attached hydrogens (tertiary/aromatic N) is 2. The Hall–Kier alpha value is -3.28. The van der Waals surface area contributed by atoms with Gasteiger partial charge < -0.3 is 9.64 Å². The zero-order valence-electron chi connectivity index (χ0n) is 19.3.